The summed E-state index contributed by atoms with van der Waals surface area (Å²) in [5.41, 5.74) is 3.56. The van der Waals surface area contributed by atoms with Crippen molar-refractivity contribution in [1.29, 1.82) is 0 Å². The first-order valence-electron chi connectivity index (χ1n) is 4.81. The molecule has 0 saturated carbocycles. The van der Waals surface area contributed by atoms with Crippen LogP contribution in [0.1, 0.15) is 25.2 Å². The van der Waals surface area contributed by atoms with E-state index >= 15 is 0 Å². The maximum atomic E-state index is 4.50. The minimum Gasteiger partial charge on any atom is -0.304 e. The molecule has 0 aliphatic carbocycles. The first-order chi connectivity index (χ1) is 6.35. The summed E-state index contributed by atoms with van der Waals surface area (Å²) in [6, 6.07) is 6.27. The summed E-state index contributed by atoms with van der Waals surface area (Å²) in [6.07, 6.45) is 4.19. The van der Waals surface area contributed by atoms with Gasteiger partial charge < -0.3 is 4.40 Å². The number of aromatic nitrogens is 2. The summed E-state index contributed by atoms with van der Waals surface area (Å²) in [7, 11) is 0. The molecule has 2 nitrogen and oxygen atoms in total. The maximum Gasteiger partial charge on any atom is 0.137 e. The molecule has 0 fully saturated rings. The molecule has 2 heteroatoms. The van der Waals surface area contributed by atoms with Crippen molar-refractivity contribution in [3.8, 4) is 0 Å². The number of rotatable bonds is 2. The number of pyridine rings is 1. The van der Waals surface area contributed by atoms with Gasteiger partial charge in [-0.2, -0.15) is 0 Å². The van der Waals surface area contributed by atoms with E-state index < -0.39 is 0 Å². The second-order valence-electron chi connectivity index (χ2n) is 3.18. The van der Waals surface area contributed by atoms with Crippen LogP contribution in [0.5, 0.6) is 0 Å². The summed E-state index contributed by atoms with van der Waals surface area (Å²) >= 11 is 0. The zero-order valence-corrected chi connectivity index (χ0v) is 8.12. The molecule has 0 spiro atoms. The number of fused-ring (bicyclic) bond motifs is 1. The Hall–Kier alpha value is -1.31. The predicted molar refractivity (Wildman–Crippen MR) is 53.9 cm³/mol. The van der Waals surface area contributed by atoms with Crippen LogP contribution in [-0.2, 0) is 12.8 Å². The van der Waals surface area contributed by atoms with Crippen LogP contribution in [0.3, 0.4) is 0 Å². The highest BCUT2D eigenvalue weighted by Gasteiger charge is 2.01. The van der Waals surface area contributed by atoms with Crippen molar-refractivity contribution in [2.24, 2.45) is 0 Å². The third kappa shape index (κ3) is 1.32. The molecule has 0 aromatic carbocycles. The van der Waals surface area contributed by atoms with Gasteiger partial charge in [0.2, 0.25) is 0 Å². The van der Waals surface area contributed by atoms with Crippen LogP contribution < -0.4 is 0 Å². The third-order valence-corrected chi connectivity index (χ3v) is 2.35. The van der Waals surface area contributed by atoms with Gasteiger partial charge in [0.25, 0.3) is 0 Å². The molecule has 0 atom stereocenters. The van der Waals surface area contributed by atoms with Gasteiger partial charge in [-0.05, 0) is 25.0 Å². The van der Waals surface area contributed by atoms with Crippen LogP contribution in [0.25, 0.3) is 5.65 Å². The van der Waals surface area contributed by atoms with Gasteiger partial charge in [0.05, 0.1) is 5.69 Å². The van der Waals surface area contributed by atoms with E-state index in [9.17, 15) is 0 Å². The van der Waals surface area contributed by atoms with Gasteiger partial charge in [0.1, 0.15) is 5.65 Å². The highest BCUT2D eigenvalue weighted by molar-refractivity contribution is 5.41. The monoisotopic (exact) mass is 174 g/mol. The SMILES string of the molecule is CCc1cn2c(CC)cccc2n1. The summed E-state index contributed by atoms with van der Waals surface area (Å²) in [5, 5.41) is 0. The van der Waals surface area contributed by atoms with Crippen molar-refractivity contribution >= 4 is 5.65 Å². The number of hydrogen-bond donors (Lipinski definition) is 0. The molecule has 0 unspecified atom stereocenters. The van der Waals surface area contributed by atoms with E-state index in [4.69, 9.17) is 0 Å². The van der Waals surface area contributed by atoms with Crippen molar-refractivity contribution in [3.63, 3.8) is 0 Å². The lowest BCUT2D eigenvalue weighted by Crippen LogP contribution is -1.92. The molecular formula is C11H14N2. The van der Waals surface area contributed by atoms with Gasteiger partial charge in [0, 0.05) is 11.9 Å². The molecule has 68 valence electrons. The maximum absolute atomic E-state index is 4.50. The number of hydrogen-bond acceptors (Lipinski definition) is 1. The molecule has 0 bridgehead atoms. The van der Waals surface area contributed by atoms with Gasteiger partial charge >= 0.3 is 0 Å². The molecule has 2 rings (SSSR count). The fourth-order valence-corrected chi connectivity index (χ4v) is 1.58. The van der Waals surface area contributed by atoms with Crippen LogP contribution >= 0.6 is 0 Å². The molecule has 0 aliphatic heterocycles. The second-order valence-corrected chi connectivity index (χ2v) is 3.18. The van der Waals surface area contributed by atoms with Gasteiger partial charge in [-0.15, -0.1) is 0 Å². The fourth-order valence-electron chi connectivity index (χ4n) is 1.58. The minimum absolute atomic E-state index is 1.00. The summed E-state index contributed by atoms with van der Waals surface area (Å²) in [4.78, 5) is 4.50. The number of imidazole rings is 1. The zero-order valence-electron chi connectivity index (χ0n) is 8.12. The summed E-state index contributed by atoms with van der Waals surface area (Å²) in [5.74, 6) is 0. The lowest BCUT2D eigenvalue weighted by Gasteiger charge is -1.99. The highest BCUT2D eigenvalue weighted by atomic mass is 15.0. The van der Waals surface area contributed by atoms with Gasteiger partial charge in [0.15, 0.2) is 0 Å². The van der Waals surface area contributed by atoms with Crippen molar-refractivity contribution < 1.29 is 0 Å². The van der Waals surface area contributed by atoms with Crippen LogP contribution in [0, 0.1) is 0 Å². The lowest BCUT2D eigenvalue weighted by molar-refractivity contribution is 0.975. The Morgan fingerprint density at radius 3 is 2.77 bits per heavy atom. The normalized spacial score (nSPS) is 10.9. The smallest absolute Gasteiger partial charge is 0.137 e. The second kappa shape index (κ2) is 3.21. The standard InChI is InChI=1S/C11H14N2/c1-3-9-8-13-10(4-2)6-5-7-11(13)12-9/h5-8H,3-4H2,1-2H3. The Bertz CT molecular complexity index is 415. The first-order valence-corrected chi connectivity index (χ1v) is 4.81. The largest absolute Gasteiger partial charge is 0.304 e. The molecule has 2 heterocycles. The van der Waals surface area contributed by atoms with Crippen molar-refractivity contribution in [1.82, 2.24) is 9.38 Å². The average Bonchev–Trinajstić information content (AvgIpc) is 2.59. The van der Waals surface area contributed by atoms with Gasteiger partial charge in [-0.1, -0.05) is 19.9 Å². The molecule has 2 aromatic heterocycles. The molecule has 13 heavy (non-hydrogen) atoms. The Labute approximate surface area is 78.2 Å². The van der Waals surface area contributed by atoms with E-state index in [1.807, 2.05) is 0 Å². The van der Waals surface area contributed by atoms with Gasteiger partial charge in [-0.25, -0.2) is 4.98 Å². The Balaban J connectivity index is 2.67. The molecule has 2 aromatic rings. The van der Waals surface area contributed by atoms with E-state index in [2.05, 4.69) is 47.6 Å². The van der Waals surface area contributed by atoms with Crippen molar-refractivity contribution in [2.45, 2.75) is 26.7 Å². The number of nitrogens with zero attached hydrogens (tertiary/aromatic N) is 2. The third-order valence-electron chi connectivity index (χ3n) is 2.35. The van der Waals surface area contributed by atoms with Crippen LogP contribution in [0.15, 0.2) is 24.4 Å². The van der Waals surface area contributed by atoms with Crippen molar-refractivity contribution in [2.75, 3.05) is 0 Å². The topological polar surface area (TPSA) is 17.3 Å². The van der Waals surface area contributed by atoms with E-state index in [0.29, 0.717) is 0 Å². The molecule has 0 N–H and O–H groups in total. The minimum atomic E-state index is 1.00. The average molecular weight is 174 g/mol. The zero-order chi connectivity index (χ0) is 9.26. The predicted octanol–water partition coefficient (Wildman–Crippen LogP) is 2.46. The summed E-state index contributed by atoms with van der Waals surface area (Å²) in [6.45, 7) is 4.30. The van der Waals surface area contributed by atoms with Crippen LogP contribution in [-0.4, -0.2) is 9.38 Å². The van der Waals surface area contributed by atoms with E-state index in [0.717, 1.165) is 18.5 Å². The van der Waals surface area contributed by atoms with E-state index in [1.165, 1.54) is 11.4 Å². The summed E-state index contributed by atoms with van der Waals surface area (Å²) < 4.78 is 2.18. The quantitative estimate of drug-likeness (QED) is 0.683. The first kappa shape index (κ1) is 8.30. The molecular weight excluding hydrogens is 160 g/mol. The van der Waals surface area contributed by atoms with Gasteiger partial charge in [-0.3, -0.25) is 0 Å². The Kier molecular flexibility index (Phi) is 2.05. The van der Waals surface area contributed by atoms with E-state index in [1.54, 1.807) is 0 Å². The van der Waals surface area contributed by atoms with E-state index in [-0.39, 0.29) is 0 Å². The fraction of sp³-hybridized carbons (Fsp3) is 0.364. The molecule has 0 amide bonds. The molecule has 0 aliphatic rings. The van der Waals surface area contributed by atoms with Crippen molar-refractivity contribution in [3.05, 3.63) is 35.8 Å². The number of aryl methyl sites for hydroxylation is 2. The Morgan fingerprint density at radius 1 is 1.23 bits per heavy atom. The molecule has 0 saturated heterocycles. The van der Waals surface area contributed by atoms with Crippen LogP contribution in [0.4, 0.5) is 0 Å². The Morgan fingerprint density at radius 2 is 2.08 bits per heavy atom. The highest BCUT2D eigenvalue weighted by Crippen LogP contribution is 2.09. The lowest BCUT2D eigenvalue weighted by atomic mass is 10.3. The molecule has 0 radical (unpaired) electrons. The van der Waals surface area contributed by atoms with Crippen LogP contribution in [0.2, 0.25) is 0 Å².